The van der Waals surface area contributed by atoms with Crippen LogP contribution in [-0.2, 0) is 11.3 Å². The summed E-state index contributed by atoms with van der Waals surface area (Å²) in [6, 6.07) is 0.126. The molecule has 1 saturated heterocycles. The maximum absolute atomic E-state index is 5.92. The molecule has 1 aliphatic rings. The van der Waals surface area contributed by atoms with Crippen LogP contribution in [0.4, 0.5) is 0 Å². The smallest absolute Gasteiger partial charge is 0.161 e. The predicted octanol–water partition coefficient (Wildman–Crippen LogP) is 1.99. The van der Waals surface area contributed by atoms with Crippen LogP contribution in [0.5, 0.6) is 5.75 Å². The third kappa shape index (κ3) is 2.77. The van der Waals surface area contributed by atoms with Crippen LogP contribution in [0.15, 0.2) is 6.20 Å². The van der Waals surface area contributed by atoms with Gasteiger partial charge in [0, 0.05) is 13.2 Å². The zero-order valence-corrected chi connectivity index (χ0v) is 12.3. The Labute approximate surface area is 115 Å². The lowest BCUT2D eigenvalue weighted by Crippen LogP contribution is -2.34. The second kappa shape index (κ2) is 6.39. The average Bonchev–Trinajstić information content (AvgIpc) is 3.00. The molecule has 19 heavy (non-hydrogen) atoms. The Hall–Kier alpha value is -1.07. The molecule has 0 radical (unpaired) electrons. The SMILES string of the molecule is CCCn1ncc(OC)c1C(NC)C1OCCC1C. The van der Waals surface area contributed by atoms with Gasteiger partial charge < -0.3 is 14.8 Å². The van der Waals surface area contributed by atoms with Gasteiger partial charge in [-0.3, -0.25) is 4.68 Å². The third-order valence-electron chi connectivity index (χ3n) is 3.88. The zero-order chi connectivity index (χ0) is 13.8. The summed E-state index contributed by atoms with van der Waals surface area (Å²) in [5.74, 6) is 1.39. The van der Waals surface area contributed by atoms with E-state index in [0.717, 1.165) is 37.4 Å². The maximum Gasteiger partial charge on any atom is 0.161 e. The Kier molecular flexibility index (Phi) is 4.82. The van der Waals surface area contributed by atoms with Crippen molar-refractivity contribution in [1.82, 2.24) is 15.1 Å². The molecule has 2 rings (SSSR count). The summed E-state index contributed by atoms with van der Waals surface area (Å²) in [6.07, 6.45) is 4.16. The molecule has 3 unspecified atom stereocenters. The van der Waals surface area contributed by atoms with Crippen LogP contribution in [0.3, 0.4) is 0 Å². The van der Waals surface area contributed by atoms with Crippen molar-refractivity contribution in [2.75, 3.05) is 20.8 Å². The van der Waals surface area contributed by atoms with Crippen molar-refractivity contribution in [1.29, 1.82) is 0 Å². The van der Waals surface area contributed by atoms with Crippen LogP contribution in [-0.4, -0.2) is 36.6 Å². The van der Waals surface area contributed by atoms with Crippen LogP contribution >= 0.6 is 0 Å². The molecule has 0 spiro atoms. The van der Waals surface area contributed by atoms with Gasteiger partial charge >= 0.3 is 0 Å². The van der Waals surface area contributed by atoms with Crippen molar-refractivity contribution >= 4 is 0 Å². The first-order chi connectivity index (χ1) is 9.22. The lowest BCUT2D eigenvalue weighted by Gasteiger charge is -2.27. The van der Waals surface area contributed by atoms with Crippen molar-refractivity contribution in [3.8, 4) is 5.75 Å². The first-order valence-electron chi connectivity index (χ1n) is 7.11. The van der Waals surface area contributed by atoms with E-state index in [0.29, 0.717) is 5.92 Å². The number of nitrogens with zero attached hydrogens (tertiary/aromatic N) is 2. The van der Waals surface area contributed by atoms with Gasteiger partial charge in [-0.2, -0.15) is 5.10 Å². The minimum atomic E-state index is 0.126. The largest absolute Gasteiger partial charge is 0.493 e. The summed E-state index contributed by atoms with van der Waals surface area (Å²) >= 11 is 0. The topological polar surface area (TPSA) is 48.3 Å². The molecule has 0 saturated carbocycles. The van der Waals surface area contributed by atoms with Crippen LogP contribution in [0, 0.1) is 5.92 Å². The number of likely N-dealkylation sites (N-methyl/N-ethyl adjacent to an activating group) is 1. The summed E-state index contributed by atoms with van der Waals surface area (Å²) in [4.78, 5) is 0. The summed E-state index contributed by atoms with van der Waals surface area (Å²) in [7, 11) is 3.67. The molecule has 2 heterocycles. The van der Waals surface area contributed by atoms with E-state index in [-0.39, 0.29) is 12.1 Å². The third-order valence-corrected chi connectivity index (χ3v) is 3.88. The Morgan fingerprint density at radius 1 is 1.63 bits per heavy atom. The molecule has 0 aliphatic carbocycles. The van der Waals surface area contributed by atoms with E-state index < -0.39 is 0 Å². The standard InChI is InChI=1S/C14H25N3O2/c1-5-7-17-13(11(18-4)9-16-17)12(15-3)14-10(2)6-8-19-14/h9-10,12,14-15H,5-8H2,1-4H3. The molecular formula is C14H25N3O2. The Balaban J connectivity index is 2.32. The number of nitrogens with one attached hydrogen (secondary N) is 1. The first-order valence-corrected chi connectivity index (χ1v) is 7.11. The molecule has 108 valence electrons. The van der Waals surface area contributed by atoms with Gasteiger partial charge in [-0.25, -0.2) is 0 Å². The van der Waals surface area contributed by atoms with Gasteiger partial charge in [0.05, 0.1) is 31.1 Å². The number of methoxy groups -OCH3 is 1. The number of hydrogen-bond acceptors (Lipinski definition) is 4. The lowest BCUT2D eigenvalue weighted by atomic mass is 9.95. The van der Waals surface area contributed by atoms with E-state index in [1.165, 1.54) is 0 Å². The molecule has 0 aromatic carbocycles. The number of ether oxygens (including phenoxy) is 2. The van der Waals surface area contributed by atoms with Gasteiger partial charge in [-0.1, -0.05) is 13.8 Å². The zero-order valence-electron chi connectivity index (χ0n) is 12.3. The molecule has 1 N–H and O–H groups in total. The van der Waals surface area contributed by atoms with E-state index in [4.69, 9.17) is 9.47 Å². The van der Waals surface area contributed by atoms with Crippen molar-refractivity contribution in [2.24, 2.45) is 5.92 Å². The monoisotopic (exact) mass is 267 g/mol. The fraction of sp³-hybridized carbons (Fsp3) is 0.786. The molecule has 0 bridgehead atoms. The second-order valence-electron chi connectivity index (χ2n) is 5.19. The molecule has 3 atom stereocenters. The van der Waals surface area contributed by atoms with E-state index in [9.17, 15) is 0 Å². The van der Waals surface area contributed by atoms with Crippen LogP contribution in [0.2, 0.25) is 0 Å². The minimum absolute atomic E-state index is 0.126. The average molecular weight is 267 g/mol. The van der Waals surface area contributed by atoms with E-state index in [2.05, 4.69) is 24.3 Å². The van der Waals surface area contributed by atoms with Crippen molar-refractivity contribution < 1.29 is 9.47 Å². The highest BCUT2D eigenvalue weighted by Gasteiger charge is 2.35. The van der Waals surface area contributed by atoms with Gasteiger partial charge in [0.1, 0.15) is 0 Å². The van der Waals surface area contributed by atoms with E-state index >= 15 is 0 Å². The molecule has 1 fully saturated rings. The van der Waals surface area contributed by atoms with E-state index in [1.54, 1.807) is 13.3 Å². The number of aryl methyl sites for hydroxylation is 1. The fourth-order valence-corrected chi connectivity index (χ4v) is 2.84. The van der Waals surface area contributed by atoms with Gasteiger partial charge in [-0.15, -0.1) is 0 Å². The first kappa shape index (κ1) is 14.3. The van der Waals surface area contributed by atoms with Gasteiger partial charge in [0.2, 0.25) is 0 Å². The molecular weight excluding hydrogens is 242 g/mol. The number of hydrogen-bond donors (Lipinski definition) is 1. The van der Waals surface area contributed by atoms with Crippen molar-refractivity contribution in [3.63, 3.8) is 0 Å². The molecule has 1 aromatic rings. The van der Waals surface area contributed by atoms with Crippen LogP contribution in [0.25, 0.3) is 0 Å². The summed E-state index contributed by atoms with van der Waals surface area (Å²) in [5.41, 5.74) is 1.10. The number of aromatic nitrogens is 2. The highest BCUT2D eigenvalue weighted by atomic mass is 16.5. The van der Waals surface area contributed by atoms with Crippen molar-refractivity contribution in [3.05, 3.63) is 11.9 Å². The second-order valence-corrected chi connectivity index (χ2v) is 5.19. The number of rotatable bonds is 6. The highest BCUT2D eigenvalue weighted by molar-refractivity contribution is 5.29. The maximum atomic E-state index is 5.92. The van der Waals surface area contributed by atoms with Gasteiger partial charge in [0.15, 0.2) is 5.75 Å². The van der Waals surface area contributed by atoms with Crippen LogP contribution in [0.1, 0.15) is 38.4 Å². The highest BCUT2D eigenvalue weighted by Crippen LogP contribution is 2.35. The quantitative estimate of drug-likeness (QED) is 0.856. The fourth-order valence-electron chi connectivity index (χ4n) is 2.84. The summed E-state index contributed by atoms with van der Waals surface area (Å²) in [5, 5.41) is 7.82. The Bertz CT molecular complexity index is 405. The van der Waals surface area contributed by atoms with Crippen molar-refractivity contribution in [2.45, 2.75) is 45.4 Å². The minimum Gasteiger partial charge on any atom is -0.493 e. The van der Waals surface area contributed by atoms with Gasteiger partial charge in [-0.05, 0) is 25.8 Å². The predicted molar refractivity (Wildman–Crippen MR) is 74.4 cm³/mol. The molecule has 1 aliphatic heterocycles. The normalized spacial score (nSPS) is 24.6. The van der Waals surface area contributed by atoms with E-state index in [1.807, 2.05) is 11.7 Å². The molecule has 1 aromatic heterocycles. The lowest BCUT2D eigenvalue weighted by molar-refractivity contribution is 0.0595. The Morgan fingerprint density at radius 2 is 2.42 bits per heavy atom. The molecule has 0 amide bonds. The summed E-state index contributed by atoms with van der Waals surface area (Å²) in [6.45, 7) is 6.14. The Morgan fingerprint density at radius 3 is 2.95 bits per heavy atom. The summed E-state index contributed by atoms with van der Waals surface area (Å²) < 4.78 is 13.4. The van der Waals surface area contributed by atoms with Crippen LogP contribution < -0.4 is 10.1 Å². The molecule has 5 nitrogen and oxygen atoms in total. The molecule has 5 heteroatoms. The van der Waals surface area contributed by atoms with Gasteiger partial charge in [0.25, 0.3) is 0 Å².